The Morgan fingerprint density at radius 2 is 2.00 bits per heavy atom. The predicted molar refractivity (Wildman–Crippen MR) is 88.7 cm³/mol. The second-order valence-corrected chi connectivity index (χ2v) is 7.13. The van der Waals surface area contributed by atoms with Crippen molar-refractivity contribution in [3.8, 4) is 0 Å². The lowest BCUT2D eigenvalue weighted by molar-refractivity contribution is 0.0986. The van der Waals surface area contributed by atoms with Crippen molar-refractivity contribution in [3.05, 3.63) is 23.1 Å². The van der Waals surface area contributed by atoms with E-state index < -0.39 is 0 Å². The Hall–Kier alpha value is -1.46. The van der Waals surface area contributed by atoms with Gasteiger partial charge in [0.05, 0.1) is 24.6 Å². The molecule has 2 aromatic rings. The van der Waals surface area contributed by atoms with Crippen LogP contribution in [0.4, 0.5) is 5.82 Å². The summed E-state index contributed by atoms with van der Waals surface area (Å²) in [5.41, 5.74) is 0.503. The molecule has 5 nitrogen and oxygen atoms in total. The first-order chi connectivity index (χ1) is 10.4. The average Bonchev–Trinajstić information content (AvgIpc) is 2.45. The molecule has 1 saturated heterocycles. The largest absolute Gasteiger partial charge is 0.377 e. The third kappa shape index (κ3) is 2.88. The van der Waals surface area contributed by atoms with Crippen LogP contribution in [0, 0.1) is 0 Å². The lowest BCUT2D eigenvalue weighted by atomic mass is 9.95. The van der Waals surface area contributed by atoms with Gasteiger partial charge in [0.15, 0.2) is 5.65 Å². The first-order valence-corrected chi connectivity index (χ1v) is 7.93. The fraction of sp³-hybridized carbons (Fsp3) is 0.562. The highest BCUT2D eigenvalue weighted by atomic mass is 35.5. The second kappa shape index (κ2) is 5.63. The summed E-state index contributed by atoms with van der Waals surface area (Å²) in [6.45, 7) is 10.7. The van der Waals surface area contributed by atoms with Crippen molar-refractivity contribution in [2.75, 3.05) is 24.7 Å². The van der Waals surface area contributed by atoms with Crippen LogP contribution in [-0.2, 0) is 10.2 Å². The van der Waals surface area contributed by atoms with E-state index in [0.717, 1.165) is 23.6 Å². The summed E-state index contributed by atoms with van der Waals surface area (Å²) < 4.78 is 5.54. The molecule has 0 spiro atoms. The minimum Gasteiger partial charge on any atom is -0.377 e. The van der Waals surface area contributed by atoms with Gasteiger partial charge in [-0.15, -0.1) is 0 Å². The minimum absolute atomic E-state index is 0.150. The fourth-order valence-electron chi connectivity index (χ4n) is 2.57. The number of hydrogen-bond donors (Lipinski definition) is 0. The maximum absolute atomic E-state index is 6.05. The Labute approximate surface area is 135 Å². The molecule has 1 atom stereocenters. The van der Waals surface area contributed by atoms with Gasteiger partial charge in [0.25, 0.3) is 0 Å². The molecule has 0 N–H and O–H groups in total. The van der Waals surface area contributed by atoms with Gasteiger partial charge in [0, 0.05) is 12.0 Å². The van der Waals surface area contributed by atoms with Gasteiger partial charge in [0.1, 0.15) is 16.8 Å². The Morgan fingerprint density at radius 3 is 2.68 bits per heavy atom. The van der Waals surface area contributed by atoms with Crippen molar-refractivity contribution in [2.45, 2.75) is 39.2 Å². The van der Waals surface area contributed by atoms with E-state index in [1.54, 1.807) is 6.07 Å². The van der Waals surface area contributed by atoms with Gasteiger partial charge in [-0.05, 0) is 19.1 Å². The van der Waals surface area contributed by atoms with Crippen molar-refractivity contribution in [3.63, 3.8) is 0 Å². The van der Waals surface area contributed by atoms with Gasteiger partial charge in [-0.1, -0.05) is 32.4 Å². The van der Waals surface area contributed by atoms with Crippen molar-refractivity contribution in [2.24, 2.45) is 0 Å². The van der Waals surface area contributed by atoms with Gasteiger partial charge in [-0.25, -0.2) is 15.0 Å². The Balaban J connectivity index is 2.22. The van der Waals surface area contributed by atoms with Crippen molar-refractivity contribution >= 4 is 28.5 Å². The summed E-state index contributed by atoms with van der Waals surface area (Å²) in [5, 5.41) is 1.39. The van der Waals surface area contributed by atoms with Gasteiger partial charge >= 0.3 is 0 Å². The standard InChI is InChI=1S/C16H21ClN4O/c1-10-9-22-8-7-21(10)14-11-5-6-12(17)18-13(11)19-15(20-14)16(2,3)4/h5-6,10H,7-9H2,1-4H3/t10-/m0/s1. The number of hydrogen-bond acceptors (Lipinski definition) is 5. The van der Waals surface area contributed by atoms with Crippen LogP contribution in [-0.4, -0.2) is 40.8 Å². The second-order valence-electron chi connectivity index (χ2n) is 6.74. The van der Waals surface area contributed by atoms with E-state index in [1.165, 1.54) is 0 Å². The Kier molecular flexibility index (Phi) is 3.95. The van der Waals surface area contributed by atoms with Gasteiger partial charge in [-0.3, -0.25) is 0 Å². The predicted octanol–water partition coefficient (Wildman–Crippen LogP) is 3.20. The van der Waals surface area contributed by atoms with Gasteiger partial charge in [-0.2, -0.15) is 0 Å². The van der Waals surface area contributed by atoms with E-state index in [-0.39, 0.29) is 11.5 Å². The molecule has 0 bridgehead atoms. The highest BCUT2D eigenvalue weighted by molar-refractivity contribution is 6.29. The lowest BCUT2D eigenvalue weighted by Gasteiger charge is -2.35. The third-order valence-electron chi connectivity index (χ3n) is 3.82. The number of aromatic nitrogens is 3. The van der Waals surface area contributed by atoms with Crippen molar-refractivity contribution < 1.29 is 4.74 Å². The zero-order valence-corrected chi connectivity index (χ0v) is 14.2. The highest BCUT2D eigenvalue weighted by Gasteiger charge is 2.26. The molecule has 0 radical (unpaired) electrons. The van der Waals surface area contributed by atoms with Crippen LogP contribution in [0.1, 0.15) is 33.5 Å². The fourth-order valence-corrected chi connectivity index (χ4v) is 2.71. The number of fused-ring (bicyclic) bond motifs is 1. The van der Waals surface area contributed by atoms with E-state index >= 15 is 0 Å². The molecule has 0 aromatic carbocycles. The summed E-state index contributed by atoms with van der Waals surface area (Å²) in [6, 6.07) is 4.02. The zero-order chi connectivity index (χ0) is 15.9. The maximum atomic E-state index is 6.05. The highest BCUT2D eigenvalue weighted by Crippen LogP contribution is 2.30. The molecule has 0 saturated carbocycles. The molecular weight excluding hydrogens is 300 g/mol. The molecular formula is C16H21ClN4O. The van der Waals surface area contributed by atoms with Crippen LogP contribution in [0.15, 0.2) is 12.1 Å². The molecule has 3 rings (SSSR count). The Morgan fingerprint density at radius 1 is 1.23 bits per heavy atom. The molecule has 6 heteroatoms. The van der Waals surface area contributed by atoms with Crippen molar-refractivity contribution in [1.29, 1.82) is 0 Å². The molecule has 2 aromatic heterocycles. The molecule has 0 aliphatic carbocycles. The van der Waals surface area contributed by atoms with Crippen LogP contribution in [0.25, 0.3) is 11.0 Å². The maximum Gasteiger partial charge on any atom is 0.166 e. The summed E-state index contributed by atoms with van der Waals surface area (Å²) in [4.78, 5) is 16.1. The van der Waals surface area contributed by atoms with Crippen LogP contribution in [0.3, 0.4) is 0 Å². The van der Waals surface area contributed by atoms with E-state index in [4.69, 9.17) is 21.3 Å². The molecule has 1 fully saturated rings. The van der Waals surface area contributed by atoms with Crippen LogP contribution in [0.5, 0.6) is 0 Å². The monoisotopic (exact) mass is 320 g/mol. The molecule has 118 valence electrons. The van der Waals surface area contributed by atoms with E-state index in [9.17, 15) is 0 Å². The quantitative estimate of drug-likeness (QED) is 0.755. The SMILES string of the molecule is C[C@H]1COCCN1c1nc(C(C)(C)C)nc2nc(Cl)ccc12. The summed E-state index contributed by atoms with van der Waals surface area (Å²) in [7, 11) is 0. The summed E-state index contributed by atoms with van der Waals surface area (Å²) >= 11 is 6.05. The van der Waals surface area contributed by atoms with Crippen LogP contribution >= 0.6 is 11.6 Å². The number of halogens is 1. The van der Waals surface area contributed by atoms with E-state index in [1.807, 2.05) is 6.07 Å². The topological polar surface area (TPSA) is 51.1 Å². The zero-order valence-electron chi connectivity index (χ0n) is 13.4. The van der Waals surface area contributed by atoms with Crippen LogP contribution < -0.4 is 4.90 Å². The van der Waals surface area contributed by atoms with E-state index in [2.05, 4.69) is 42.6 Å². The number of morpholine rings is 1. The molecule has 22 heavy (non-hydrogen) atoms. The average molecular weight is 321 g/mol. The smallest absolute Gasteiger partial charge is 0.166 e. The molecule has 3 heterocycles. The van der Waals surface area contributed by atoms with E-state index in [0.29, 0.717) is 24.0 Å². The number of ether oxygens (including phenoxy) is 1. The van der Waals surface area contributed by atoms with Gasteiger partial charge in [0.2, 0.25) is 0 Å². The summed E-state index contributed by atoms with van der Waals surface area (Å²) in [5.74, 6) is 1.71. The number of pyridine rings is 1. The number of rotatable bonds is 1. The normalized spacial score (nSPS) is 19.7. The lowest BCUT2D eigenvalue weighted by Crippen LogP contribution is -2.44. The van der Waals surface area contributed by atoms with Gasteiger partial charge < -0.3 is 9.64 Å². The first kappa shape index (κ1) is 15.4. The minimum atomic E-state index is -0.150. The molecule has 1 aliphatic rings. The van der Waals surface area contributed by atoms with Crippen molar-refractivity contribution in [1.82, 2.24) is 15.0 Å². The molecule has 1 aliphatic heterocycles. The number of nitrogens with zero attached hydrogens (tertiary/aromatic N) is 4. The molecule has 0 amide bonds. The van der Waals surface area contributed by atoms with Crippen LogP contribution in [0.2, 0.25) is 5.15 Å². The Bertz CT molecular complexity index is 698. The molecule has 0 unspecified atom stereocenters. The third-order valence-corrected chi connectivity index (χ3v) is 4.03. The first-order valence-electron chi connectivity index (χ1n) is 7.55. The number of anilines is 1. The summed E-state index contributed by atoms with van der Waals surface area (Å²) in [6.07, 6.45) is 0.